The van der Waals surface area contributed by atoms with Crippen LogP contribution in [0.2, 0.25) is 0 Å². The van der Waals surface area contributed by atoms with Crippen LogP contribution in [-0.4, -0.2) is 9.96 Å². The highest BCUT2D eigenvalue weighted by Crippen LogP contribution is 2.33. The van der Waals surface area contributed by atoms with Crippen LogP contribution in [0.5, 0.6) is 0 Å². The van der Waals surface area contributed by atoms with Crippen LogP contribution in [0.4, 0.5) is 13.2 Å². The summed E-state index contributed by atoms with van der Waals surface area (Å²) in [6, 6.07) is 3.46. The minimum Gasteiger partial charge on any atom is -0.254 e. The van der Waals surface area contributed by atoms with Gasteiger partial charge in [-0.05, 0) is 24.1 Å². The molecule has 1 atom stereocenters. The molecule has 0 aliphatic carbocycles. The summed E-state index contributed by atoms with van der Waals surface area (Å²) >= 11 is 0. The van der Waals surface area contributed by atoms with E-state index in [2.05, 4.69) is 0 Å². The molecule has 1 unspecified atom stereocenters. The van der Waals surface area contributed by atoms with E-state index in [1.54, 1.807) is 0 Å². The van der Waals surface area contributed by atoms with E-state index in [1.807, 2.05) is 27.7 Å². The number of rotatable bonds is 0. The molecule has 0 saturated carbocycles. The van der Waals surface area contributed by atoms with Crippen LogP contribution in [0.25, 0.3) is 0 Å². The number of fused-ring (bicyclic) bond motifs is 1. The molecular formula is C13H19F3OS. The zero-order chi connectivity index (χ0) is 14.3. The summed E-state index contributed by atoms with van der Waals surface area (Å²) in [5, 5.41) is 0. The Morgan fingerprint density at radius 3 is 2.17 bits per heavy atom. The van der Waals surface area contributed by atoms with Gasteiger partial charge in [-0.1, -0.05) is 33.8 Å². The largest absolute Gasteiger partial charge is 0.416 e. The van der Waals surface area contributed by atoms with Gasteiger partial charge in [0.25, 0.3) is 0 Å². The highest BCUT2D eigenvalue weighted by atomic mass is 32.2. The van der Waals surface area contributed by atoms with Crippen molar-refractivity contribution in [2.24, 2.45) is 0 Å². The Balaban J connectivity index is 0.000000659. The molecule has 104 valence electrons. The fraction of sp³-hybridized carbons (Fsp3) is 0.538. The van der Waals surface area contributed by atoms with Gasteiger partial charge >= 0.3 is 6.18 Å². The van der Waals surface area contributed by atoms with E-state index in [-0.39, 0.29) is 0 Å². The van der Waals surface area contributed by atoms with Crippen molar-refractivity contribution in [3.05, 3.63) is 29.3 Å². The highest BCUT2D eigenvalue weighted by molar-refractivity contribution is 7.85. The highest BCUT2D eigenvalue weighted by Gasteiger charge is 2.32. The van der Waals surface area contributed by atoms with E-state index in [1.165, 1.54) is 6.07 Å². The van der Waals surface area contributed by atoms with E-state index >= 15 is 0 Å². The summed E-state index contributed by atoms with van der Waals surface area (Å²) in [4.78, 5) is 0.347. The first-order chi connectivity index (χ1) is 8.48. The fourth-order valence-electron chi connectivity index (χ4n) is 1.46. The molecule has 5 heteroatoms. The molecule has 1 heterocycles. The maximum atomic E-state index is 12.3. The van der Waals surface area contributed by atoms with E-state index in [0.717, 1.165) is 17.7 Å². The number of alkyl halides is 3. The normalized spacial score (nSPS) is 16.9. The third-order valence-electron chi connectivity index (χ3n) is 2.20. The minimum absolute atomic E-state index is 0.347. The molecule has 1 aliphatic rings. The second-order valence-electron chi connectivity index (χ2n) is 3.12. The molecule has 1 aromatic rings. The second-order valence-corrected chi connectivity index (χ2v) is 4.66. The number of benzene rings is 1. The molecule has 1 nitrogen and oxygen atoms in total. The molecule has 0 bridgehead atoms. The predicted molar refractivity (Wildman–Crippen MR) is 69.1 cm³/mol. The Labute approximate surface area is 109 Å². The molecular weight excluding hydrogens is 261 g/mol. The number of hydrogen-bond donors (Lipinski definition) is 0. The topological polar surface area (TPSA) is 17.1 Å². The Morgan fingerprint density at radius 1 is 1.11 bits per heavy atom. The van der Waals surface area contributed by atoms with Crippen molar-refractivity contribution >= 4 is 10.8 Å². The molecule has 1 aliphatic heterocycles. The van der Waals surface area contributed by atoms with E-state index in [4.69, 9.17) is 0 Å². The van der Waals surface area contributed by atoms with Gasteiger partial charge in [-0.3, -0.25) is 4.21 Å². The van der Waals surface area contributed by atoms with Gasteiger partial charge in [0.15, 0.2) is 0 Å². The monoisotopic (exact) mass is 280 g/mol. The van der Waals surface area contributed by atoms with Gasteiger partial charge in [-0.2, -0.15) is 13.2 Å². The lowest BCUT2D eigenvalue weighted by Crippen LogP contribution is -2.05. The van der Waals surface area contributed by atoms with Crippen LogP contribution < -0.4 is 0 Å². The molecule has 0 amide bonds. The van der Waals surface area contributed by atoms with Crippen molar-refractivity contribution in [1.82, 2.24) is 0 Å². The van der Waals surface area contributed by atoms with Crippen molar-refractivity contribution in [2.75, 3.05) is 5.75 Å². The van der Waals surface area contributed by atoms with Crippen LogP contribution in [0, 0.1) is 0 Å². The van der Waals surface area contributed by atoms with Crippen LogP contribution in [0.1, 0.15) is 38.8 Å². The van der Waals surface area contributed by atoms with Crippen molar-refractivity contribution in [2.45, 2.75) is 45.2 Å². The Hall–Kier alpha value is -0.840. The average Bonchev–Trinajstić information content (AvgIpc) is 2.75. The minimum atomic E-state index is -4.35. The summed E-state index contributed by atoms with van der Waals surface area (Å²) in [5.74, 6) is 0.441. The molecule has 2 rings (SSSR count). The molecule has 0 radical (unpaired) electrons. The molecule has 0 saturated heterocycles. The quantitative estimate of drug-likeness (QED) is 0.687. The van der Waals surface area contributed by atoms with Gasteiger partial charge in [-0.25, -0.2) is 0 Å². The molecule has 0 aromatic heterocycles. The lowest BCUT2D eigenvalue weighted by molar-refractivity contribution is -0.137. The maximum absolute atomic E-state index is 12.3. The summed E-state index contributed by atoms with van der Waals surface area (Å²) in [6.45, 7) is 8.00. The third-order valence-corrected chi connectivity index (χ3v) is 3.64. The SMILES string of the molecule is CC.CC.O=S1CCc2ccc(C(F)(F)F)cc21. The molecule has 0 fully saturated rings. The van der Waals surface area contributed by atoms with Crippen molar-refractivity contribution in [3.63, 3.8) is 0 Å². The zero-order valence-corrected chi connectivity index (χ0v) is 11.9. The summed E-state index contributed by atoms with van der Waals surface area (Å²) in [6.07, 6.45) is -3.73. The van der Waals surface area contributed by atoms with E-state index in [0.29, 0.717) is 17.1 Å². The Bertz CT molecular complexity index is 400. The third kappa shape index (κ3) is 4.12. The molecule has 0 spiro atoms. The lowest BCUT2D eigenvalue weighted by Gasteiger charge is -2.07. The Kier molecular flexibility index (Phi) is 7.21. The van der Waals surface area contributed by atoms with Crippen molar-refractivity contribution in [1.29, 1.82) is 0 Å². The molecule has 18 heavy (non-hydrogen) atoms. The van der Waals surface area contributed by atoms with E-state index < -0.39 is 22.5 Å². The van der Waals surface area contributed by atoms with Crippen LogP contribution in [0.3, 0.4) is 0 Å². The summed E-state index contributed by atoms with van der Waals surface area (Å²) in [7, 11) is -1.24. The number of aryl methyl sites for hydroxylation is 1. The van der Waals surface area contributed by atoms with Gasteiger partial charge in [0.2, 0.25) is 0 Å². The van der Waals surface area contributed by atoms with Crippen LogP contribution in [0.15, 0.2) is 23.1 Å². The second kappa shape index (κ2) is 7.56. The number of halogens is 3. The summed E-state index contributed by atoms with van der Waals surface area (Å²) in [5.41, 5.74) is 0.0582. The van der Waals surface area contributed by atoms with Crippen LogP contribution >= 0.6 is 0 Å². The molecule has 0 N–H and O–H groups in total. The maximum Gasteiger partial charge on any atom is 0.416 e. The smallest absolute Gasteiger partial charge is 0.254 e. The predicted octanol–water partition coefficient (Wildman–Crippen LogP) is 4.42. The van der Waals surface area contributed by atoms with Crippen molar-refractivity contribution in [3.8, 4) is 0 Å². The number of hydrogen-bond acceptors (Lipinski definition) is 1. The van der Waals surface area contributed by atoms with Gasteiger partial charge in [0.1, 0.15) is 0 Å². The van der Waals surface area contributed by atoms with Gasteiger partial charge in [0.05, 0.1) is 16.4 Å². The van der Waals surface area contributed by atoms with E-state index in [9.17, 15) is 17.4 Å². The van der Waals surface area contributed by atoms with Gasteiger partial charge in [0, 0.05) is 10.6 Å². The molecule has 1 aromatic carbocycles. The Morgan fingerprint density at radius 2 is 1.67 bits per heavy atom. The first-order valence-corrected chi connectivity index (χ1v) is 7.39. The van der Waals surface area contributed by atoms with Gasteiger partial charge in [-0.15, -0.1) is 0 Å². The van der Waals surface area contributed by atoms with Gasteiger partial charge < -0.3 is 0 Å². The lowest BCUT2D eigenvalue weighted by atomic mass is 10.1. The summed E-state index contributed by atoms with van der Waals surface area (Å²) < 4.78 is 48.1. The first kappa shape index (κ1) is 17.2. The first-order valence-electron chi connectivity index (χ1n) is 6.07. The zero-order valence-electron chi connectivity index (χ0n) is 11.1. The average molecular weight is 280 g/mol. The fourth-order valence-corrected chi connectivity index (χ4v) is 2.81. The standard InChI is InChI=1S/C9H7F3OS.2C2H6/c10-9(11,12)7-2-1-6-3-4-14(13)8(6)5-7;2*1-2/h1-2,5H,3-4H2;2*1-2H3. The van der Waals surface area contributed by atoms with Crippen LogP contribution in [-0.2, 0) is 23.4 Å². The van der Waals surface area contributed by atoms with Crippen molar-refractivity contribution < 1.29 is 17.4 Å².